The highest BCUT2D eigenvalue weighted by atomic mass is 35.5. The summed E-state index contributed by atoms with van der Waals surface area (Å²) in [5, 5.41) is 12.4. The van der Waals surface area contributed by atoms with Gasteiger partial charge in [0.1, 0.15) is 4.70 Å². The van der Waals surface area contributed by atoms with E-state index in [0.717, 1.165) is 5.56 Å². The molecular weight excluding hydrogens is 340 g/mol. The lowest BCUT2D eigenvalue weighted by Crippen LogP contribution is -2.24. The molecule has 0 saturated heterocycles. The maximum Gasteiger partial charge on any atom is 0.272 e. The Morgan fingerprint density at radius 2 is 2.14 bits per heavy atom. The lowest BCUT2D eigenvalue weighted by Gasteiger charge is -2.11. The Kier molecular flexibility index (Phi) is 4.83. The SMILES string of the molecule is O=c1c2sccc2nc(SCc2ccccc2Cl)n1CCO. The van der Waals surface area contributed by atoms with Crippen LogP contribution in [0.5, 0.6) is 0 Å². The molecule has 0 radical (unpaired) electrons. The number of thioether (sulfide) groups is 1. The molecule has 0 aliphatic carbocycles. The number of benzene rings is 1. The average molecular weight is 353 g/mol. The van der Waals surface area contributed by atoms with Gasteiger partial charge in [-0.15, -0.1) is 11.3 Å². The second-order valence-electron chi connectivity index (χ2n) is 4.59. The van der Waals surface area contributed by atoms with Crippen molar-refractivity contribution < 1.29 is 5.11 Å². The van der Waals surface area contributed by atoms with Crippen molar-refractivity contribution in [1.29, 1.82) is 0 Å². The molecule has 0 unspecified atom stereocenters. The zero-order valence-electron chi connectivity index (χ0n) is 11.5. The van der Waals surface area contributed by atoms with Crippen LogP contribution >= 0.6 is 34.7 Å². The number of hydrogen-bond donors (Lipinski definition) is 1. The molecule has 0 bridgehead atoms. The van der Waals surface area contributed by atoms with Gasteiger partial charge < -0.3 is 5.11 Å². The summed E-state index contributed by atoms with van der Waals surface area (Å²) in [6.07, 6.45) is 0. The molecule has 1 N–H and O–H groups in total. The second kappa shape index (κ2) is 6.83. The number of aromatic nitrogens is 2. The van der Waals surface area contributed by atoms with Gasteiger partial charge in [-0.2, -0.15) is 0 Å². The molecule has 1 aromatic carbocycles. The maximum atomic E-state index is 12.5. The first-order valence-corrected chi connectivity index (χ1v) is 8.90. The quantitative estimate of drug-likeness (QED) is 0.565. The molecule has 7 heteroatoms. The van der Waals surface area contributed by atoms with Crippen LogP contribution in [-0.2, 0) is 12.3 Å². The monoisotopic (exact) mass is 352 g/mol. The molecule has 2 aromatic heterocycles. The fourth-order valence-electron chi connectivity index (χ4n) is 2.09. The van der Waals surface area contributed by atoms with E-state index in [-0.39, 0.29) is 18.7 Å². The number of halogens is 1. The number of aliphatic hydroxyl groups excluding tert-OH is 1. The summed E-state index contributed by atoms with van der Waals surface area (Å²) in [4.78, 5) is 17.0. The second-order valence-corrected chi connectivity index (χ2v) is 6.86. The Morgan fingerprint density at radius 3 is 2.91 bits per heavy atom. The number of hydrogen-bond acceptors (Lipinski definition) is 5. The highest BCUT2D eigenvalue weighted by molar-refractivity contribution is 7.98. The summed E-state index contributed by atoms with van der Waals surface area (Å²) in [5.41, 5.74) is 1.59. The lowest BCUT2D eigenvalue weighted by atomic mass is 10.2. The lowest BCUT2D eigenvalue weighted by molar-refractivity contribution is 0.268. The third kappa shape index (κ3) is 3.05. The van der Waals surface area contributed by atoms with Crippen LogP contribution in [0.4, 0.5) is 0 Å². The van der Waals surface area contributed by atoms with E-state index in [0.29, 0.717) is 26.1 Å². The molecule has 0 aliphatic heterocycles. The summed E-state index contributed by atoms with van der Waals surface area (Å²) in [7, 11) is 0. The Bertz CT molecular complexity index is 860. The minimum Gasteiger partial charge on any atom is -0.395 e. The fraction of sp³-hybridized carbons (Fsp3) is 0.200. The van der Waals surface area contributed by atoms with E-state index in [9.17, 15) is 9.90 Å². The Balaban J connectivity index is 1.97. The van der Waals surface area contributed by atoms with Crippen LogP contribution in [0.2, 0.25) is 5.02 Å². The maximum absolute atomic E-state index is 12.5. The molecule has 0 atom stereocenters. The van der Waals surface area contributed by atoms with Crippen molar-refractivity contribution in [3.05, 3.63) is 56.7 Å². The first kappa shape index (κ1) is 15.6. The van der Waals surface area contributed by atoms with E-state index in [2.05, 4.69) is 4.98 Å². The molecule has 0 amide bonds. The topological polar surface area (TPSA) is 55.1 Å². The van der Waals surface area contributed by atoms with Gasteiger partial charge in [0.2, 0.25) is 0 Å². The van der Waals surface area contributed by atoms with Crippen molar-refractivity contribution in [1.82, 2.24) is 9.55 Å². The smallest absolute Gasteiger partial charge is 0.272 e. The van der Waals surface area contributed by atoms with Gasteiger partial charge in [0.05, 0.1) is 18.7 Å². The molecular formula is C15H13ClN2O2S2. The van der Waals surface area contributed by atoms with Crippen LogP contribution in [0.25, 0.3) is 10.2 Å². The van der Waals surface area contributed by atoms with E-state index < -0.39 is 0 Å². The largest absolute Gasteiger partial charge is 0.395 e. The number of nitrogens with zero attached hydrogens (tertiary/aromatic N) is 2. The predicted molar refractivity (Wildman–Crippen MR) is 92.0 cm³/mol. The predicted octanol–water partition coefficient (Wildman–Crippen LogP) is 3.40. The number of fused-ring (bicyclic) bond motifs is 1. The van der Waals surface area contributed by atoms with E-state index >= 15 is 0 Å². The third-order valence-corrected chi connectivity index (χ3v) is 5.45. The highest BCUT2D eigenvalue weighted by Crippen LogP contribution is 2.26. The van der Waals surface area contributed by atoms with Crippen LogP contribution in [0.15, 0.2) is 45.7 Å². The van der Waals surface area contributed by atoms with Crippen molar-refractivity contribution in [2.75, 3.05) is 6.61 Å². The van der Waals surface area contributed by atoms with E-state index in [1.54, 1.807) is 0 Å². The molecule has 0 spiro atoms. The highest BCUT2D eigenvalue weighted by Gasteiger charge is 2.13. The van der Waals surface area contributed by atoms with Crippen LogP contribution in [0, 0.1) is 0 Å². The molecule has 4 nitrogen and oxygen atoms in total. The normalized spacial score (nSPS) is 11.2. The van der Waals surface area contributed by atoms with Gasteiger partial charge in [-0.25, -0.2) is 4.98 Å². The van der Waals surface area contributed by atoms with Crippen molar-refractivity contribution in [2.24, 2.45) is 0 Å². The first-order chi connectivity index (χ1) is 10.7. The van der Waals surface area contributed by atoms with Crippen LogP contribution in [0.1, 0.15) is 5.56 Å². The van der Waals surface area contributed by atoms with Crippen molar-refractivity contribution in [3.8, 4) is 0 Å². The summed E-state index contributed by atoms with van der Waals surface area (Å²) in [5.74, 6) is 0.618. The number of rotatable bonds is 5. The Labute approximate surface area is 140 Å². The fourth-order valence-corrected chi connectivity index (χ4v) is 4.18. The van der Waals surface area contributed by atoms with Gasteiger partial charge in [-0.05, 0) is 23.1 Å². The third-order valence-electron chi connectivity index (χ3n) is 3.17. The number of thiophene rings is 1. The van der Waals surface area contributed by atoms with Crippen LogP contribution in [-0.4, -0.2) is 21.3 Å². The molecule has 0 aliphatic rings. The van der Waals surface area contributed by atoms with Gasteiger partial charge in [-0.1, -0.05) is 41.6 Å². The van der Waals surface area contributed by atoms with Gasteiger partial charge in [0, 0.05) is 10.8 Å². The van der Waals surface area contributed by atoms with Gasteiger partial charge in [0.25, 0.3) is 5.56 Å². The summed E-state index contributed by atoms with van der Waals surface area (Å²) in [6, 6.07) is 9.44. The molecule has 0 saturated carbocycles. The molecule has 114 valence electrons. The number of aliphatic hydroxyl groups is 1. The minimum atomic E-state index is -0.101. The molecule has 2 heterocycles. The molecule has 0 fully saturated rings. The Hall–Kier alpha value is -1.34. The standard InChI is InChI=1S/C15H13ClN2O2S2/c16-11-4-2-1-3-10(11)9-22-15-17-12-5-8-21-13(12)14(20)18(15)6-7-19/h1-5,8,19H,6-7,9H2. The van der Waals surface area contributed by atoms with Gasteiger partial charge >= 0.3 is 0 Å². The van der Waals surface area contributed by atoms with E-state index in [1.165, 1.54) is 27.7 Å². The molecule has 3 aromatic rings. The van der Waals surface area contributed by atoms with Crippen LogP contribution in [0.3, 0.4) is 0 Å². The van der Waals surface area contributed by atoms with Crippen molar-refractivity contribution >= 4 is 44.9 Å². The molecule has 22 heavy (non-hydrogen) atoms. The van der Waals surface area contributed by atoms with Gasteiger partial charge in [0.15, 0.2) is 5.16 Å². The summed E-state index contributed by atoms with van der Waals surface area (Å²) >= 11 is 8.98. The Morgan fingerprint density at radius 1 is 1.32 bits per heavy atom. The van der Waals surface area contributed by atoms with Crippen LogP contribution < -0.4 is 5.56 Å². The van der Waals surface area contributed by atoms with Crippen molar-refractivity contribution in [3.63, 3.8) is 0 Å². The average Bonchev–Trinajstić information content (AvgIpc) is 2.98. The van der Waals surface area contributed by atoms with E-state index in [1.807, 2.05) is 35.7 Å². The minimum absolute atomic E-state index is 0.0991. The van der Waals surface area contributed by atoms with Crippen molar-refractivity contribution in [2.45, 2.75) is 17.5 Å². The first-order valence-electron chi connectivity index (χ1n) is 6.66. The van der Waals surface area contributed by atoms with Gasteiger partial charge in [-0.3, -0.25) is 9.36 Å². The zero-order chi connectivity index (χ0) is 15.5. The summed E-state index contributed by atoms with van der Waals surface area (Å²) in [6.45, 7) is 0.142. The summed E-state index contributed by atoms with van der Waals surface area (Å²) < 4.78 is 2.15. The van der Waals surface area contributed by atoms with E-state index in [4.69, 9.17) is 11.6 Å². The molecule has 3 rings (SSSR count). The zero-order valence-corrected chi connectivity index (χ0v) is 13.9.